The number of anilines is 1. The minimum Gasteiger partial charge on any atom is -0.494 e. The fraction of sp³-hybridized carbons (Fsp3) is 0.167. The summed E-state index contributed by atoms with van der Waals surface area (Å²) in [7, 11) is 0. The number of rotatable bonds is 8. The van der Waals surface area contributed by atoms with Gasteiger partial charge in [-0.25, -0.2) is 4.79 Å². The van der Waals surface area contributed by atoms with Crippen LogP contribution < -0.4 is 15.8 Å². The summed E-state index contributed by atoms with van der Waals surface area (Å²) < 4.78 is 5.72. The van der Waals surface area contributed by atoms with Crippen molar-refractivity contribution in [2.45, 2.75) is 19.4 Å². The van der Waals surface area contributed by atoms with E-state index in [0.717, 1.165) is 11.1 Å². The smallest absolute Gasteiger partial charge is 0.333 e. The molecule has 3 rings (SSSR count). The number of hydrogen-bond donors (Lipinski definition) is 4. The first-order valence-corrected chi connectivity index (χ1v) is 9.63. The van der Waals surface area contributed by atoms with Crippen LogP contribution in [0.15, 0.2) is 72.8 Å². The van der Waals surface area contributed by atoms with E-state index in [1.54, 1.807) is 37.3 Å². The van der Waals surface area contributed by atoms with Crippen molar-refractivity contribution in [3.63, 3.8) is 0 Å². The zero-order valence-corrected chi connectivity index (χ0v) is 17.0. The summed E-state index contributed by atoms with van der Waals surface area (Å²) in [6, 6.07) is 22.1. The van der Waals surface area contributed by atoms with Crippen LogP contribution >= 0.6 is 0 Å². The van der Waals surface area contributed by atoms with Crippen LogP contribution in [0.2, 0.25) is 0 Å². The number of nitrogens with one attached hydrogen (secondary N) is 2. The highest BCUT2D eigenvalue weighted by molar-refractivity contribution is 5.95. The van der Waals surface area contributed by atoms with Gasteiger partial charge in [-0.2, -0.15) is 0 Å². The lowest BCUT2D eigenvalue weighted by atomic mass is 9.88. The lowest BCUT2D eigenvalue weighted by Gasteiger charge is -2.29. The second-order valence-electron chi connectivity index (χ2n) is 7.09. The quantitative estimate of drug-likeness (QED) is 0.328. The van der Waals surface area contributed by atoms with E-state index in [1.165, 1.54) is 0 Å². The van der Waals surface area contributed by atoms with Crippen molar-refractivity contribution < 1.29 is 14.6 Å². The van der Waals surface area contributed by atoms with Crippen molar-refractivity contribution in [3.05, 3.63) is 83.9 Å². The van der Waals surface area contributed by atoms with Crippen molar-refractivity contribution in [3.8, 4) is 16.9 Å². The van der Waals surface area contributed by atoms with Gasteiger partial charge >= 0.3 is 5.97 Å². The number of amidine groups is 1. The van der Waals surface area contributed by atoms with Gasteiger partial charge in [-0.3, -0.25) is 5.41 Å². The van der Waals surface area contributed by atoms with Crippen molar-refractivity contribution in [2.24, 2.45) is 5.73 Å². The molecule has 0 saturated carbocycles. The van der Waals surface area contributed by atoms with Crippen LogP contribution in [0.4, 0.5) is 5.69 Å². The zero-order valence-electron chi connectivity index (χ0n) is 17.0. The summed E-state index contributed by atoms with van der Waals surface area (Å²) >= 11 is 0. The Hall–Kier alpha value is -3.80. The van der Waals surface area contributed by atoms with Gasteiger partial charge in [0.05, 0.1) is 6.61 Å². The largest absolute Gasteiger partial charge is 0.494 e. The van der Waals surface area contributed by atoms with Gasteiger partial charge in [-0.15, -0.1) is 0 Å². The first-order valence-electron chi connectivity index (χ1n) is 9.63. The second-order valence-corrected chi connectivity index (χ2v) is 7.09. The molecule has 0 aliphatic heterocycles. The van der Waals surface area contributed by atoms with Gasteiger partial charge < -0.3 is 20.9 Å². The summed E-state index contributed by atoms with van der Waals surface area (Å²) in [6.07, 6.45) is 0. The summed E-state index contributed by atoms with van der Waals surface area (Å²) in [5.41, 5.74) is 7.68. The number of ether oxygens (including phenoxy) is 1. The van der Waals surface area contributed by atoms with E-state index in [4.69, 9.17) is 15.9 Å². The Morgan fingerprint density at radius 3 is 2.30 bits per heavy atom. The van der Waals surface area contributed by atoms with E-state index in [9.17, 15) is 9.90 Å². The molecule has 1 atom stereocenters. The Balaban J connectivity index is 2.06. The predicted molar refractivity (Wildman–Crippen MR) is 119 cm³/mol. The first-order chi connectivity index (χ1) is 14.3. The Kier molecular flexibility index (Phi) is 6.06. The van der Waals surface area contributed by atoms with Gasteiger partial charge in [0.25, 0.3) is 0 Å². The normalized spacial score (nSPS) is 12.6. The van der Waals surface area contributed by atoms with Crippen LogP contribution in [0.1, 0.15) is 25.0 Å². The average molecular weight is 403 g/mol. The first kappa shape index (κ1) is 20.9. The van der Waals surface area contributed by atoms with Crippen molar-refractivity contribution in [1.82, 2.24) is 0 Å². The summed E-state index contributed by atoms with van der Waals surface area (Å²) in [6.45, 7) is 3.98. The van der Waals surface area contributed by atoms with Crippen LogP contribution in [-0.2, 0) is 10.3 Å². The molecular weight excluding hydrogens is 378 g/mol. The molecule has 154 valence electrons. The molecule has 0 bridgehead atoms. The number of carboxylic acids is 1. The number of nitrogen functional groups attached to an aromatic ring is 1. The summed E-state index contributed by atoms with van der Waals surface area (Å²) in [5, 5.41) is 20.7. The molecule has 0 heterocycles. The van der Waals surface area contributed by atoms with Crippen molar-refractivity contribution >= 4 is 17.5 Å². The van der Waals surface area contributed by atoms with Gasteiger partial charge in [0.15, 0.2) is 5.54 Å². The number of carbonyl (C=O) groups is 1. The fourth-order valence-corrected chi connectivity index (χ4v) is 3.21. The maximum Gasteiger partial charge on any atom is 0.333 e. The number of aliphatic carboxylic acids is 1. The molecule has 0 aliphatic rings. The molecule has 0 radical (unpaired) electrons. The SMILES string of the molecule is CCOc1cc(-c2ccccc2)cc(C(C)(Nc2ccc(C(=N)N)cc2)C(=O)O)c1. The molecule has 0 amide bonds. The third-order valence-corrected chi connectivity index (χ3v) is 4.92. The molecule has 5 N–H and O–H groups in total. The second kappa shape index (κ2) is 8.69. The van der Waals surface area contributed by atoms with E-state index in [1.807, 2.05) is 49.4 Å². The van der Waals surface area contributed by atoms with Crippen LogP contribution in [0, 0.1) is 5.41 Å². The van der Waals surface area contributed by atoms with Crippen LogP contribution in [0.3, 0.4) is 0 Å². The van der Waals surface area contributed by atoms with E-state index < -0.39 is 11.5 Å². The predicted octanol–water partition coefficient (Wildman–Crippen LogP) is 4.45. The minimum atomic E-state index is -1.41. The van der Waals surface area contributed by atoms with E-state index in [0.29, 0.717) is 29.2 Å². The van der Waals surface area contributed by atoms with Gasteiger partial charge in [0.1, 0.15) is 11.6 Å². The molecule has 0 saturated heterocycles. The molecule has 30 heavy (non-hydrogen) atoms. The van der Waals surface area contributed by atoms with Crippen LogP contribution in [0.25, 0.3) is 11.1 Å². The Bertz CT molecular complexity index is 1050. The molecule has 0 aromatic heterocycles. The van der Waals surface area contributed by atoms with Crippen LogP contribution in [0.5, 0.6) is 5.75 Å². The molecular formula is C24H25N3O3. The van der Waals surface area contributed by atoms with Gasteiger partial charge in [0, 0.05) is 11.3 Å². The van der Waals surface area contributed by atoms with E-state index in [2.05, 4.69) is 5.32 Å². The van der Waals surface area contributed by atoms with Crippen molar-refractivity contribution in [2.75, 3.05) is 11.9 Å². The zero-order chi connectivity index (χ0) is 21.7. The number of hydrogen-bond acceptors (Lipinski definition) is 4. The van der Waals surface area contributed by atoms with E-state index in [-0.39, 0.29) is 5.84 Å². The topological polar surface area (TPSA) is 108 Å². The van der Waals surface area contributed by atoms with Crippen LogP contribution in [-0.4, -0.2) is 23.5 Å². The lowest BCUT2D eigenvalue weighted by molar-refractivity contribution is -0.142. The number of benzene rings is 3. The average Bonchev–Trinajstić information content (AvgIpc) is 2.74. The fourth-order valence-electron chi connectivity index (χ4n) is 3.21. The highest BCUT2D eigenvalue weighted by Crippen LogP contribution is 2.34. The highest BCUT2D eigenvalue weighted by Gasteiger charge is 2.36. The van der Waals surface area contributed by atoms with Gasteiger partial charge in [-0.05, 0) is 73.0 Å². The van der Waals surface area contributed by atoms with Crippen molar-refractivity contribution in [1.29, 1.82) is 5.41 Å². The Labute approximate surface area is 175 Å². The van der Waals surface area contributed by atoms with E-state index >= 15 is 0 Å². The number of nitrogens with two attached hydrogens (primary N) is 1. The third kappa shape index (κ3) is 4.43. The molecule has 3 aromatic carbocycles. The summed E-state index contributed by atoms with van der Waals surface area (Å²) in [4.78, 5) is 12.4. The van der Waals surface area contributed by atoms with Gasteiger partial charge in [-0.1, -0.05) is 30.3 Å². The lowest BCUT2D eigenvalue weighted by Crippen LogP contribution is -2.40. The molecule has 0 spiro atoms. The highest BCUT2D eigenvalue weighted by atomic mass is 16.5. The standard InChI is InChI=1S/C24H25N3O3/c1-3-30-21-14-18(16-7-5-4-6-8-16)13-19(15-21)24(2,23(28)29)27-20-11-9-17(10-12-20)22(25)26/h4-15,27H,3H2,1-2H3,(H3,25,26)(H,28,29). The van der Waals surface area contributed by atoms with Gasteiger partial charge in [0.2, 0.25) is 0 Å². The minimum absolute atomic E-state index is 0.0422. The third-order valence-electron chi connectivity index (χ3n) is 4.92. The molecule has 1 unspecified atom stereocenters. The summed E-state index contributed by atoms with van der Waals surface area (Å²) in [5.74, 6) is -0.458. The molecule has 0 aliphatic carbocycles. The molecule has 6 nitrogen and oxygen atoms in total. The molecule has 0 fully saturated rings. The Morgan fingerprint density at radius 2 is 1.73 bits per heavy atom. The maximum atomic E-state index is 12.4. The number of carboxylic acid groups (broad SMARTS) is 1. The Morgan fingerprint density at radius 1 is 1.07 bits per heavy atom. The monoisotopic (exact) mass is 403 g/mol. The molecule has 3 aromatic rings. The molecule has 6 heteroatoms. The maximum absolute atomic E-state index is 12.4.